The molecule has 0 bridgehead atoms. The predicted octanol–water partition coefficient (Wildman–Crippen LogP) is 2.26. The first-order valence-corrected chi connectivity index (χ1v) is 5.67. The second-order valence-electron chi connectivity index (χ2n) is 3.76. The number of hydrogen-bond acceptors (Lipinski definition) is 2. The zero-order valence-corrected chi connectivity index (χ0v) is 10.9. The molecular weight excluding hydrogens is 293 g/mol. The van der Waals surface area contributed by atoms with Gasteiger partial charge < -0.3 is 10.4 Å². The van der Waals surface area contributed by atoms with Crippen molar-refractivity contribution in [3.8, 4) is 0 Å². The Bertz CT molecular complexity index is 369. The Morgan fingerprint density at radius 2 is 1.94 bits per heavy atom. The molecule has 1 aliphatic rings. The van der Waals surface area contributed by atoms with Crippen LogP contribution in [0.25, 0.3) is 0 Å². The molecule has 1 aromatic rings. The maximum atomic E-state index is 11.0. The van der Waals surface area contributed by atoms with Crippen molar-refractivity contribution in [1.29, 1.82) is 0 Å². The van der Waals surface area contributed by atoms with Crippen LogP contribution in [-0.2, 0) is 4.79 Å². The van der Waals surface area contributed by atoms with Crippen molar-refractivity contribution in [2.24, 2.45) is 5.92 Å². The van der Waals surface area contributed by atoms with Crippen molar-refractivity contribution in [3.05, 3.63) is 34.3 Å². The van der Waals surface area contributed by atoms with Gasteiger partial charge in [-0.25, -0.2) is 0 Å². The van der Waals surface area contributed by atoms with Gasteiger partial charge in [0.1, 0.15) is 0 Å². The molecule has 1 aromatic carbocycles. The molecule has 5 heteroatoms. The Morgan fingerprint density at radius 3 is 2.50 bits per heavy atom. The van der Waals surface area contributed by atoms with Crippen molar-refractivity contribution in [1.82, 2.24) is 5.32 Å². The minimum atomic E-state index is -0.715. The molecule has 0 aromatic heterocycles. The average molecular weight is 307 g/mol. The molecule has 88 valence electrons. The van der Waals surface area contributed by atoms with Gasteiger partial charge >= 0.3 is 5.97 Å². The Labute approximate surface area is 109 Å². The molecule has 2 N–H and O–H groups in total. The van der Waals surface area contributed by atoms with Gasteiger partial charge in [0, 0.05) is 23.5 Å². The summed E-state index contributed by atoms with van der Waals surface area (Å²) >= 11 is 3.37. The lowest BCUT2D eigenvalue weighted by atomic mass is 9.89. The van der Waals surface area contributed by atoms with E-state index < -0.39 is 5.97 Å². The van der Waals surface area contributed by atoms with Crippen molar-refractivity contribution in [2.75, 3.05) is 13.1 Å². The molecule has 1 aliphatic heterocycles. The molecule has 0 unspecified atom stereocenters. The maximum Gasteiger partial charge on any atom is 0.308 e. The van der Waals surface area contributed by atoms with E-state index in [1.54, 1.807) is 0 Å². The number of rotatable bonds is 2. The summed E-state index contributed by atoms with van der Waals surface area (Å²) in [6, 6.07) is 7.87. The van der Waals surface area contributed by atoms with Crippen LogP contribution in [0.4, 0.5) is 0 Å². The Hall–Kier alpha value is -0.580. The summed E-state index contributed by atoms with van der Waals surface area (Å²) in [5, 5.41) is 12.2. The zero-order chi connectivity index (χ0) is 10.8. The summed E-state index contributed by atoms with van der Waals surface area (Å²) in [6.45, 7) is 1.31. The molecule has 3 nitrogen and oxygen atoms in total. The Balaban J connectivity index is 0.00000128. The predicted molar refractivity (Wildman–Crippen MR) is 68.1 cm³/mol. The molecule has 0 spiro atoms. The van der Waals surface area contributed by atoms with Crippen LogP contribution < -0.4 is 5.32 Å². The number of carbonyl (C=O) groups is 1. The highest BCUT2D eigenvalue weighted by Crippen LogP contribution is 2.29. The van der Waals surface area contributed by atoms with E-state index in [2.05, 4.69) is 21.2 Å². The van der Waals surface area contributed by atoms with Crippen molar-refractivity contribution < 1.29 is 9.90 Å². The van der Waals surface area contributed by atoms with E-state index in [0.29, 0.717) is 6.54 Å². The molecule has 1 saturated heterocycles. The summed E-state index contributed by atoms with van der Waals surface area (Å²) in [6.07, 6.45) is 0. The molecule has 0 amide bonds. The highest BCUT2D eigenvalue weighted by Gasteiger charge is 2.33. The lowest BCUT2D eigenvalue weighted by Gasteiger charge is -2.14. The van der Waals surface area contributed by atoms with Gasteiger partial charge in [0.15, 0.2) is 0 Å². The van der Waals surface area contributed by atoms with E-state index in [4.69, 9.17) is 5.11 Å². The Morgan fingerprint density at radius 1 is 1.31 bits per heavy atom. The summed E-state index contributed by atoms with van der Waals surface area (Å²) in [5.41, 5.74) is 1.09. The normalized spacial score (nSPS) is 23.8. The van der Waals surface area contributed by atoms with E-state index >= 15 is 0 Å². The molecule has 2 atom stereocenters. The topological polar surface area (TPSA) is 49.3 Å². The number of benzene rings is 1. The van der Waals surface area contributed by atoms with Crippen LogP contribution in [0.1, 0.15) is 11.5 Å². The number of halogens is 2. The molecule has 16 heavy (non-hydrogen) atoms. The molecule has 1 heterocycles. The van der Waals surface area contributed by atoms with Crippen LogP contribution in [-0.4, -0.2) is 24.2 Å². The lowest BCUT2D eigenvalue weighted by molar-refractivity contribution is -0.141. The molecule has 0 aliphatic carbocycles. The van der Waals surface area contributed by atoms with Gasteiger partial charge in [-0.1, -0.05) is 28.1 Å². The fraction of sp³-hybridized carbons (Fsp3) is 0.364. The smallest absolute Gasteiger partial charge is 0.308 e. The van der Waals surface area contributed by atoms with Crippen LogP contribution in [0.5, 0.6) is 0 Å². The van der Waals surface area contributed by atoms with Crippen LogP contribution >= 0.6 is 28.3 Å². The minimum absolute atomic E-state index is 0. The summed E-state index contributed by atoms with van der Waals surface area (Å²) in [7, 11) is 0. The van der Waals surface area contributed by atoms with Gasteiger partial charge in [0.25, 0.3) is 0 Å². The SMILES string of the molecule is Cl.O=C(O)[C@H]1CNC[C@@H]1c1ccc(Br)cc1. The monoisotopic (exact) mass is 305 g/mol. The molecule has 0 saturated carbocycles. The fourth-order valence-corrected chi connectivity index (χ4v) is 2.26. The molecule has 2 rings (SSSR count). The number of aliphatic carboxylic acids is 1. The van der Waals surface area contributed by atoms with E-state index in [0.717, 1.165) is 16.6 Å². The second-order valence-corrected chi connectivity index (χ2v) is 4.68. The van der Waals surface area contributed by atoms with E-state index in [1.807, 2.05) is 24.3 Å². The largest absolute Gasteiger partial charge is 0.481 e. The number of nitrogens with one attached hydrogen (secondary N) is 1. The Kier molecular flexibility index (Phi) is 4.77. The van der Waals surface area contributed by atoms with Crippen LogP contribution in [0.15, 0.2) is 28.7 Å². The van der Waals surface area contributed by atoms with E-state index in [-0.39, 0.29) is 24.2 Å². The number of carboxylic acid groups (broad SMARTS) is 1. The van der Waals surface area contributed by atoms with Crippen molar-refractivity contribution in [3.63, 3.8) is 0 Å². The van der Waals surface area contributed by atoms with E-state index in [9.17, 15) is 4.79 Å². The molecule has 1 fully saturated rings. The fourth-order valence-electron chi connectivity index (χ4n) is 2.00. The quantitative estimate of drug-likeness (QED) is 0.881. The van der Waals surface area contributed by atoms with Gasteiger partial charge in [-0.3, -0.25) is 4.79 Å². The van der Waals surface area contributed by atoms with Gasteiger partial charge in [-0.05, 0) is 17.7 Å². The minimum Gasteiger partial charge on any atom is -0.481 e. The molecular formula is C11H13BrClNO2. The van der Waals surface area contributed by atoms with Crippen molar-refractivity contribution >= 4 is 34.3 Å². The second kappa shape index (κ2) is 5.66. The van der Waals surface area contributed by atoms with Crippen LogP contribution in [0, 0.1) is 5.92 Å². The number of carboxylic acids is 1. The third-order valence-electron chi connectivity index (χ3n) is 2.83. The standard InChI is InChI=1S/C11H12BrNO2.ClH/c12-8-3-1-7(2-4-8)9-5-13-6-10(9)11(14)15;/h1-4,9-10,13H,5-6H2,(H,14,15);1H/t9-,10+;/m1./s1. The highest BCUT2D eigenvalue weighted by molar-refractivity contribution is 9.10. The maximum absolute atomic E-state index is 11.0. The summed E-state index contributed by atoms with van der Waals surface area (Å²) in [5.74, 6) is -0.922. The summed E-state index contributed by atoms with van der Waals surface area (Å²) < 4.78 is 1.02. The first kappa shape index (κ1) is 13.5. The average Bonchev–Trinajstić information content (AvgIpc) is 2.67. The van der Waals surface area contributed by atoms with Crippen LogP contribution in [0.3, 0.4) is 0 Å². The third kappa shape index (κ3) is 2.75. The molecule has 0 radical (unpaired) electrons. The zero-order valence-electron chi connectivity index (χ0n) is 8.52. The third-order valence-corrected chi connectivity index (χ3v) is 3.36. The first-order valence-electron chi connectivity index (χ1n) is 4.87. The number of hydrogen-bond donors (Lipinski definition) is 2. The lowest BCUT2D eigenvalue weighted by Crippen LogP contribution is -2.20. The highest BCUT2D eigenvalue weighted by atomic mass is 79.9. The van der Waals surface area contributed by atoms with Crippen LogP contribution in [0.2, 0.25) is 0 Å². The van der Waals surface area contributed by atoms with Gasteiger partial charge in [0.05, 0.1) is 5.92 Å². The van der Waals surface area contributed by atoms with Gasteiger partial charge in [-0.15, -0.1) is 12.4 Å². The van der Waals surface area contributed by atoms with Gasteiger partial charge in [0.2, 0.25) is 0 Å². The van der Waals surface area contributed by atoms with E-state index in [1.165, 1.54) is 0 Å². The van der Waals surface area contributed by atoms with Gasteiger partial charge in [-0.2, -0.15) is 0 Å². The first-order chi connectivity index (χ1) is 7.18. The van der Waals surface area contributed by atoms with Crippen molar-refractivity contribution in [2.45, 2.75) is 5.92 Å². The summed E-state index contributed by atoms with van der Waals surface area (Å²) in [4.78, 5) is 11.0.